The summed E-state index contributed by atoms with van der Waals surface area (Å²) in [6, 6.07) is -0.542. The van der Waals surface area contributed by atoms with Crippen molar-refractivity contribution in [3.05, 3.63) is 43.0 Å². The van der Waals surface area contributed by atoms with Gasteiger partial charge in [-0.3, -0.25) is 18.9 Å². The van der Waals surface area contributed by atoms with Gasteiger partial charge in [-0.05, 0) is 38.1 Å². The number of aromatic amines is 1. The minimum absolute atomic E-state index is 0. The first-order valence-corrected chi connectivity index (χ1v) is 22.0. The first-order valence-electron chi connectivity index (χ1n) is 20.5. The van der Waals surface area contributed by atoms with E-state index in [9.17, 15) is 24.2 Å². The third-order valence-electron chi connectivity index (χ3n) is 9.34. The monoisotopic (exact) mass is 839 g/mol. The van der Waals surface area contributed by atoms with E-state index < -0.39 is 43.5 Å². The Bertz CT molecular complexity index is 1450. The maximum atomic E-state index is 12.1. The zero-order valence-electron chi connectivity index (χ0n) is 35.9. The number of nitrogens with one attached hydrogen (secondary N) is 1. The zero-order chi connectivity index (χ0) is 41.8. The van der Waals surface area contributed by atoms with E-state index in [1.807, 2.05) is 21.1 Å². The van der Waals surface area contributed by atoms with Gasteiger partial charge in [0.1, 0.15) is 25.5 Å². The zero-order valence-corrected chi connectivity index (χ0v) is 38.8. The quantitative estimate of drug-likeness (QED) is 0.0132. The minimum atomic E-state index is -4.42. The van der Waals surface area contributed by atoms with Crippen molar-refractivity contribution in [1.82, 2.24) is 9.55 Å². The van der Waals surface area contributed by atoms with E-state index in [0.29, 0.717) is 29.6 Å². The summed E-state index contributed by atoms with van der Waals surface area (Å²) in [5.41, 5.74) is 7.76. The number of hydrogen-bond donors (Lipinski definition) is 2. The Morgan fingerprint density at radius 1 is 1.04 bits per heavy atom. The largest absolute Gasteiger partial charge is 1.00 e. The van der Waals surface area contributed by atoms with E-state index in [0.717, 1.165) is 19.3 Å². The summed E-state index contributed by atoms with van der Waals surface area (Å²) < 4.78 is 34.6. The van der Waals surface area contributed by atoms with Crippen molar-refractivity contribution in [1.29, 1.82) is 0 Å². The molecule has 3 unspecified atom stereocenters. The molecule has 1 aromatic rings. The normalized spacial score (nSPS) is 18.5. The number of H-pyrrole nitrogens is 1. The van der Waals surface area contributed by atoms with Crippen LogP contribution in [0.2, 0.25) is 0 Å². The summed E-state index contributed by atoms with van der Waals surface area (Å²) in [6.45, 7) is 6.16. The molecule has 0 saturated carbocycles. The number of rotatable bonds is 30. The second-order valence-corrected chi connectivity index (χ2v) is 16.8. The molecule has 19 heteroatoms. The molecule has 1 aliphatic heterocycles. The third-order valence-corrected chi connectivity index (χ3v) is 10.3. The Morgan fingerprint density at radius 2 is 1.60 bits per heavy atom. The van der Waals surface area contributed by atoms with Gasteiger partial charge >= 0.3 is 35.2 Å². The molecule has 57 heavy (non-hydrogen) atoms. The van der Waals surface area contributed by atoms with Crippen LogP contribution in [-0.4, -0.2) is 104 Å². The van der Waals surface area contributed by atoms with E-state index in [2.05, 4.69) is 26.9 Å². The Morgan fingerprint density at radius 3 is 2.11 bits per heavy atom. The van der Waals surface area contributed by atoms with Crippen LogP contribution in [0.3, 0.4) is 0 Å². The van der Waals surface area contributed by atoms with Crippen LogP contribution >= 0.6 is 7.82 Å². The fraction of sp³-hybridized carbons (Fsp3) is 0.868. The molecule has 0 amide bonds. The number of aryl methyl sites for hydroxylation is 1. The van der Waals surface area contributed by atoms with Gasteiger partial charge in [0, 0.05) is 29.7 Å². The maximum absolute atomic E-state index is 12.1. The van der Waals surface area contributed by atoms with Gasteiger partial charge in [0.2, 0.25) is 0 Å². The number of aliphatic hydroxyl groups excluding tert-OH is 1. The Hall–Kier alpha value is -1.59. The Balaban J connectivity index is 0.00000130. The van der Waals surface area contributed by atoms with E-state index >= 15 is 0 Å². The molecular formula is C38H71N7NaO10P. The molecule has 0 aromatic carbocycles. The maximum Gasteiger partial charge on any atom is 1.00 e. The molecule has 0 aliphatic carbocycles. The number of likely N-dealkylation sites (N-methyl/N-ethyl adjacent to an activating group) is 1. The van der Waals surface area contributed by atoms with E-state index in [1.54, 1.807) is 13.8 Å². The Kier molecular flexibility index (Phi) is 31.3. The number of aliphatic hydroxyl groups is 1. The summed E-state index contributed by atoms with van der Waals surface area (Å²) in [5, 5.41) is 24.8. The predicted molar refractivity (Wildman–Crippen MR) is 214 cm³/mol. The molecule has 1 fully saturated rings. The summed E-state index contributed by atoms with van der Waals surface area (Å²) >= 11 is 0. The number of azide groups is 1. The van der Waals surface area contributed by atoms with Crippen molar-refractivity contribution in [2.75, 3.05) is 60.7 Å². The first-order chi connectivity index (χ1) is 26.7. The van der Waals surface area contributed by atoms with Gasteiger partial charge in [0.25, 0.3) is 13.4 Å². The number of quaternary nitrogens is 1. The van der Waals surface area contributed by atoms with Crippen LogP contribution in [0.15, 0.2) is 25.9 Å². The van der Waals surface area contributed by atoms with Gasteiger partial charge < -0.3 is 43.1 Å². The number of hydrogen-bond acceptors (Lipinski definition) is 12. The molecule has 2 N–H and O–H groups in total. The Labute approximate surface area is 362 Å². The SMILES string of the molecule is CCCCCCCCCCCCCCCCCC([O-])=NCC(COP(=O)([O-])OCC[N+](C)(C)C)OCC.Cc1cn([C@H]2CC(N=[N+]=[N-])[C@@H](CO)O2)c(=O)[nH]c1=O.[Na+]. The second kappa shape index (κ2) is 32.2. The van der Waals surface area contributed by atoms with Gasteiger partial charge in [-0.15, -0.1) is 0 Å². The molecule has 1 aliphatic rings. The molecular weight excluding hydrogens is 768 g/mol. The van der Waals surface area contributed by atoms with Crippen molar-refractivity contribution in [3.63, 3.8) is 0 Å². The molecule has 2 heterocycles. The van der Waals surface area contributed by atoms with Gasteiger partial charge in [0.15, 0.2) is 0 Å². The smallest absolute Gasteiger partial charge is 0.862 e. The number of unbranched alkanes of at least 4 members (excludes halogenated alkanes) is 14. The van der Waals surface area contributed by atoms with E-state index in [4.69, 9.17) is 29.2 Å². The first kappa shape index (κ1) is 55.4. The van der Waals surface area contributed by atoms with Crippen molar-refractivity contribution in [3.8, 4) is 0 Å². The summed E-state index contributed by atoms with van der Waals surface area (Å²) in [6.07, 6.45) is 19.4. The van der Waals surface area contributed by atoms with Crippen LogP contribution < -0.4 is 50.8 Å². The van der Waals surface area contributed by atoms with Crippen molar-refractivity contribution >= 4 is 13.7 Å². The van der Waals surface area contributed by atoms with Gasteiger partial charge in [-0.1, -0.05) is 102 Å². The van der Waals surface area contributed by atoms with Crippen molar-refractivity contribution < 1.29 is 72.2 Å². The molecule has 324 valence electrons. The molecule has 0 bridgehead atoms. The van der Waals surface area contributed by atoms with Crippen LogP contribution in [0, 0.1) is 6.92 Å². The molecule has 0 radical (unpaired) electrons. The van der Waals surface area contributed by atoms with Crippen LogP contribution in [0.25, 0.3) is 10.4 Å². The molecule has 1 saturated heterocycles. The van der Waals surface area contributed by atoms with Crippen LogP contribution in [-0.2, 0) is 23.1 Å². The number of aliphatic imine (C=N–C) groups is 1. The predicted octanol–water partition coefficient (Wildman–Crippen LogP) is 2.43. The topological polar surface area (TPSA) is 236 Å². The van der Waals surface area contributed by atoms with Crippen LogP contribution in [0.1, 0.15) is 135 Å². The van der Waals surface area contributed by atoms with Gasteiger partial charge in [-0.25, -0.2) is 4.79 Å². The van der Waals surface area contributed by atoms with Gasteiger partial charge in [-0.2, -0.15) is 0 Å². The number of nitrogens with zero attached hydrogens (tertiary/aromatic N) is 6. The number of phosphoric ester groups is 1. The van der Waals surface area contributed by atoms with Crippen molar-refractivity contribution in [2.45, 2.75) is 154 Å². The number of phosphoric acid groups is 1. The molecule has 2 rings (SSSR count). The molecule has 5 atom stereocenters. The summed E-state index contributed by atoms with van der Waals surface area (Å²) in [4.78, 5) is 43.9. The van der Waals surface area contributed by atoms with E-state index in [1.165, 1.54) is 87.8 Å². The van der Waals surface area contributed by atoms with Crippen LogP contribution in [0.5, 0.6) is 0 Å². The minimum Gasteiger partial charge on any atom is -0.862 e. The average Bonchev–Trinajstić information content (AvgIpc) is 3.55. The van der Waals surface area contributed by atoms with E-state index in [-0.39, 0.29) is 68.2 Å². The second-order valence-electron chi connectivity index (χ2n) is 15.4. The third kappa shape index (κ3) is 27.0. The number of ether oxygens (including phenoxy) is 2. The number of aromatic nitrogens is 2. The average molecular weight is 840 g/mol. The fourth-order valence-corrected chi connectivity index (χ4v) is 6.72. The summed E-state index contributed by atoms with van der Waals surface area (Å²) in [7, 11) is 1.43. The van der Waals surface area contributed by atoms with Crippen molar-refractivity contribution in [2.24, 2.45) is 10.1 Å². The fourth-order valence-electron chi connectivity index (χ4n) is 6.00. The molecule has 17 nitrogen and oxygen atoms in total. The summed E-state index contributed by atoms with van der Waals surface area (Å²) in [5.74, 6) is -0.163. The molecule has 1 aromatic heterocycles. The van der Waals surface area contributed by atoms with Crippen LogP contribution in [0.4, 0.5) is 0 Å². The van der Waals surface area contributed by atoms with Gasteiger partial charge in [0.05, 0.1) is 53.0 Å². The standard InChI is InChI=1S/C28H59N2O6P.C10H13N5O4.Na/c1-6-8-9-10-11-12-13-14-15-16-17-18-19-20-21-22-28(31)29-25-27(34-7-2)26-36-37(32,33)35-24-23-30(3,4)5;1-5-3-15(10(18)12-9(5)17)8-2-6(13-14-11)7(4-16)19-8;/h27H,6-26H2,1-5H3,(H-,29,31,32,33);3,6-8,16H,2,4H2,1H3,(H,12,17,18);/q;;+1/p-1/t;6?,7-,8-;/m.1./s1. The molecule has 0 spiro atoms.